The van der Waals surface area contributed by atoms with Gasteiger partial charge in [-0.1, -0.05) is 0 Å². The number of aromatic nitrogens is 1. The number of rotatable bonds is 6. The lowest BCUT2D eigenvalue weighted by Crippen LogP contribution is -2.21. The quantitative estimate of drug-likeness (QED) is 0.702. The Hall–Kier alpha value is -2.34. The summed E-state index contributed by atoms with van der Waals surface area (Å²) in [5.74, 6) is 1.04. The number of ether oxygens (including phenoxy) is 2. The first-order valence-electron chi connectivity index (χ1n) is 7.25. The standard InChI is InChI=1S/C17H16IN3O3/c1-3-23-15-7-12(8-19)4-5-14(15)24-10-16(22)21-17-11(2)6-13(18)9-20-17/h4-7,9H,3,10H2,1-2H3,(H,20,21,22). The number of nitriles is 1. The first-order valence-corrected chi connectivity index (χ1v) is 8.33. The van der Waals surface area contributed by atoms with Crippen molar-refractivity contribution in [2.24, 2.45) is 0 Å². The smallest absolute Gasteiger partial charge is 0.263 e. The highest BCUT2D eigenvalue weighted by atomic mass is 127. The molecule has 0 fully saturated rings. The average molecular weight is 437 g/mol. The van der Waals surface area contributed by atoms with Crippen LogP contribution in [0.15, 0.2) is 30.5 Å². The van der Waals surface area contributed by atoms with Gasteiger partial charge in [0.2, 0.25) is 0 Å². The highest BCUT2D eigenvalue weighted by Gasteiger charge is 2.11. The van der Waals surface area contributed by atoms with E-state index in [9.17, 15) is 4.79 Å². The molecule has 0 unspecified atom stereocenters. The molecule has 0 aliphatic heterocycles. The zero-order valence-electron chi connectivity index (χ0n) is 13.3. The van der Waals surface area contributed by atoms with Gasteiger partial charge in [-0.25, -0.2) is 4.98 Å². The van der Waals surface area contributed by atoms with Crippen LogP contribution in [0, 0.1) is 21.8 Å². The molecule has 24 heavy (non-hydrogen) atoms. The van der Waals surface area contributed by atoms with Gasteiger partial charge in [0.1, 0.15) is 5.82 Å². The third-order valence-electron chi connectivity index (χ3n) is 3.03. The zero-order chi connectivity index (χ0) is 17.5. The van der Waals surface area contributed by atoms with E-state index in [4.69, 9.17) is 14.7 Å². The van der Waals surface area contributed by atoms with Crippen molar-refractivity contribution in [2.45, 2.75) is 13.8 Å². The fourth-order valence-corrected chi connectivity index (χ4v) is 2.55. The van der Waals surface area contributed by atoms with Crippen LogP contribution in [0.3, 0.4) is 0 Å². The molecule has 2 aromatic rings. The Bertz CT molecular complexity index is 787. The monoisotopic (exact) mass is 437 g/mol. The van der Waals surface area contributed by atoms with E-state index in [1.807, 2.05) is 26.0 Å². The van der Waals surface area contributed by atoms with Crippen LogP contribution in [0.1, 0.15) is 18.1 Å². The van der Waals surface area contributed by atoms with Crippen molar-refractivity contribution in [1.29, 1.82) is 5.26 Å². The van der Waals surface area contributed by atoms with E-state index in [0.29, 0.717) is 29.5 Å². The molecule has 2 rings (SSSR count). The molecular formula is C17H16IN3O3. The first kappa shape index (κ1) is 18.0. The number of benzene rings is 1. The highest BCUT2D eigenvalue weighted by molar-refractivity contribution is 14.1. The van der Waals surface area contributed by atoms with E-state index in [1.54, 1.807) is 24.4 Å². The Morgan fingerprint density at radius 2 is 2.12 bits per heavy atom. The van der Waals surface area contributed by atoms with E-state index in [0.717, 1.165) is 9.13 Å². The van der Waals surface area contributed by atoms with E-state index in [2.05, 4.69) is 32.9 Å². The average Bonchev–Trinajstić information content (AvgIpc) is 2.56. The van der Waals surface area contributed by atoms with Crippen molar-refractivity contribution in [3.63, 3.8) is 0 Å². The molecule has 0 aliphatic carbocycles. The van der Waals surface area contributed by atoms with E-state index < -0.39 is 0 Å². The SMILES string of the molecule is CCOc1cc(C#N)ccc1OCC(=O)Nc1ncc(I)cc1C. The molecule has 1 amide bonds. The minimum Gasteiger partial charge on any atom is -0.490 e. The largest absolute Gasteiger partial charge is 0.490 e. The number of amides is 1. The minimum absolute atomic E-state index is 0.181. The van der Waals surface area contributed by atoms with Crippen LogP contribution in [-0.4, -0.2) is 24.1 Å². The third-order valence-corrected chi connectivity index (χ3v) is 3.62. The maximum absolute atomic E-state index is 12.0. The van der Waals surface area contributed by atoms with Crippen molar-refractivity contribution >= 4 is 34.3 Å². The third kappa shape index (κ3) is 4.83. The molecule has 0 saturated carbocycles. The summed E-state index contributed by atoms with van der Waals surface area (Å²) in [5.41, 5.74) is 1.34. The molecule has 0 aliphatic rings. The van der Waals surface area contributed by atoms with Crippen molar-refractivity contribution in [3.05, 3.63) is 45.2 Å². The number of carbonyl (C=O) groups excluding carboxylic acids is 1. The van der Waals surface area contributed by atoms with E-state index in [1.165, 1.54) is 0 Å². The summed E-state index contributed by atoms with van der Waals surface area (Å²) in [5, 5.41) is 11.6. The van der Waals surface area contributed by atoms with Gasteiger partial charge in [0.25, 0.3) is 5.91 Å². The number of hydrogen-bond acceptors (Lipinski definition) is 5. The Morgan fingerprint density at radius 3 is 2.79 bits per heavy atom. The van der Waals surface area contributed by atoms with Gasteiger partial charge in [-0.3, -0.25) is 4.79 Å². The van der Waals surface area contributed by atoms with E-state index >= 15 is 0 Å². The molecule has 1 aromatic heterocycles. The van der Waals surface area contributed by atoms with Crippen LogP contribution >= 0.6 is 22.6 Å². The summed E-state index contributed by atoms with van der Waals surface area (Å²) >= 11 is 2.16. The minimum atomic E-state index is -0.321. The second kappa shape index (κ2) is 8.49. The highest BCUT2D eigenvalue weighted by Crippen LogP contribution is 2.28. The molecule has 124 valence electrons. The summed E-state index contributed by atoms with van der Waals surface area (Å²) in [7, 11) is 0. The summed E-state index contributed by atoms with van der Waals surface area (Å²) in [6.45, 7) is 3.96. The van der Waals surface area contributed by atoms with Gasteiger partial charge in [0, 0.05) is 15.8 Å². The fourth-order valence-electron chi connectivity index (χ4n) is 1.95. The van der Waals surface area contributed by atoms with Gasteiger partial charge in [-0.2, -0.15) is 5.26 Å². The van der Waals surface area contributed by atoms with E-state index in [-0.39, 0.29) is 12.5 Å². The Morgan fingerprint density at radius 1 is 1.33 bits per heavy atom. The van der Waals surface area contributed by atoms with Gasteiger partial charge < -0.3 is 14.8 Å². The summed E-state index contributed by atoms with van der Waals surface area (Å²) in [6.07, 6.45) is 1.68. The number of nitrogens with one attached hydrogen (secondary N) is 1. The predicted molar refractivity (Wildman–Crippen MR) is 98.1 cm³/mol. The molecule has 7 heteroatoms. The maximum atomic E-state index is 12.0. The van der Waals surface area contributed by atoms with Gasteiger partial charge in [-0.05, 0) is 60.2 Å². The van der Waals surface area contributed by atoms with Crippen LogP contribution in [-0.2, 0) is 4.79 Å². The van der Waals surface area contributed by atoms with Crippen molar-refractivity contribution in [1.82, 2.24) is 4.98 Å². The maximum Gasteiger partial charge on any atom is 0.263 e. The van der Waals surface area contributed by atoms with Gasteiger partial charge in [-0.15, -0.1) is 0 Å². The zero-order valence-corrected chi connectivity index (χ0v) is 15.5. The van der Waals surface area contributed by atoms with Crippen molar-refractivity contribution < 1.29 is 14.3 Å². The van der Waals surface area contributed by atoms with Crippen LogP contribution in [0.5, 0.6) is 11.5 Å². The number of nitrogens with zero attached hydrogens (tertiary/aromatic N) is 2. The van der Waals surface area contributed by atoms with Gasteiger partial charge >= 0.3 is 0 Å². The Kier molecular flexibility index (Phi) is 6.37. The Labute approximate surface area is 153 Å². The van der Waals surface area contributed by atoms with Crippen LogP contribution in [0.25, 0.3) is 0 Å². The van der Waals surface area contributed by atoms with Crippen LogP contribution in [0.2, 0.25) is 0 Å². The molecule has 0 radical (unpaired) electrons. The second-order valence-corrected chi connectivity index (χ2v) is 6.11. The number of hydrogen-bond donors (Lipinski definition) is 1. The molecule has 1 heterocycles. The number of pyridine rings is 1. The topological polar surface area (TPSA) is 84.2 Å². The molecule has 1 N–H and O–H groups in total. The predicted octanol–water partition coefficient (Wildman–Crippen LogP) is 3.28. The number of carbonyl (C=O) groups is 1. The summed E-state index contributed by atoms with van der Waals surface area (Å²) in [4.78, 5) is 16.2. The number of halogens is 1. The molecule has 6 nitrogen and oxygen atoms in total. The lowest BCUT2D eigenvalue weighted by Gasteiger charge is -2.12. The fraction of sp³-hybridized carbons (Fsp3) is 0.235. The molecule has 0 saturated heterocycles. The lowest BCUT2D eigenvalue weighted by atomic mass is 10.2. The van der Waals surface area contributed by atoms with Gasteiger partial charge in [0.05, 0.1) is 18.2 Å². The lowest BCUT2D eigenvalue weighted by molar-refractivity contribution is -0.118. The van der Waals surface area contributed by atoms with Crippen LogP contribution in [0.4, 0.5) is 5.82 Å². The van der Waals surface area contributed by atoms with Crippen molar-refractivity contribution in [3.8, 4) is 17.6 Å². The second-order valence-electron chi connectivity index (χ2n) is 4.86. The van der Waals surface area contributed by atoms with Crippen molar-refractivity contribution in [2.75, 3.05) is 18.5 Å². The molecule has 0 bridgehead atoms. The Balaban J connectivity index is 2.02. The van der Waals surface area contributed by atoms with Crippen LogP contribution < -0.4 is 14.8 Å². The molecule has 1 aromatic carbocycles. The van der Waals surface area contributed by atoms with Gasteiger partial charge in [0.15, 0.2) is 18.1 Å². The molecule has 0 atom stereocenters. The normalized spacial score (nSPS) is 9.92. The summed E-state index contributed by atoms with van der Waals surface area (Å²) in [6, 6.07) is 8.78. The number of aryl methyl sites for hydroxylation is 1. The molecular weight excluding hydrogens is 421 g/mol. The number of anilines is 1. The summed E-state index contributed by atoms with van der Waals surface area (Å²) < 4.78 is 12.0. The first-order chi connectivity index (χ1) is 11.5. The molecule has 0 spiro atoms.